The molecule has 1 atom stereocenters. The van der Waals surface area contributed by atoms with Crippen LogP contribution >= 0.6 is 15.9 Å². The monoisotopic (exact) mass is 379 g/mol. The van der Waals surface area contributed by atoms with Gasteiger partial charge in [-0.15, -0.1) is 0 Å². The van der Waals surface area contributed by atoms with Gasteiger partial charge in [0.1, 0.15) is 11.6 Å². The van der Waals surface area contributed by atoms with Gasteiger partial charge in [0.25, 0.3) is 0 Å². The molecule has 1 N–H and O–H groups in total. The van der Waals surface area contributed by atoms with Crippen molar-refractivity contribution in [2.45, 2.75) is 25.8 Å². The molecule has 122 valence electrons. The molecule has 0 aliphatic carbocycles. The summed E-state index contributed by atoms with van der Waals surface area (Å²) in [4.78, 5) is 12.1. The molecule has 0 unspecified atom stereocenters. The minimum absolute atomic E-state index is 0.0614. The Hall–Kier alpha value is -1.88. The molecular weight excluding hydrogens is 361 g/mol. The molecule has 0 fully saturated rings. The van der Waals surface area contributed by atoms with Crippen molar-refractivity contribution in [3.8, 4) is 5.75 Å². The maximum Gasteiger partial charge on any atom is 0.220 e. The largest absolute Gasteiger partial charge is 0.496 e. The number of amides is 1. The van der Waals surface area contributed by atoms with Crippen LogP contribution in [0.1, 0.15) is 30.5 Å². The van der Waals surface area contributed by atoms with Gasteiger partial charge in [-0.3, -0.25) is 4.79 Å². The molecule has 0 saturated heterocycles. The van der Waals surface area contributed by atoms with Crippen LogP contribution in [0.4, 0.5) is 4.39 Å². The standard InChI is InChI=1S/C18H19BrFNO2/c1-12(14-4-3-5-15(20)11-14)21-18(22)9-7-13-6-8-17(23-2)16(19)10-13/h3-6,8,10-12H,7,9H2,1-2H3,(H,21,22)/t12-/m0/s1. The van der Waals surface area contributed by atoms with Gasteiger partial charge < -0.3 is 10.1 Å². The Morgan fingerprint density at radius 2 is 2.09 bits per heavy atom. The Morgan fingerprint density at radius 3 is 2.74 bits per heavy atom. The van der Waals surface area contributed by atoms with Crippen molar-refractivity contribution in [2.75, 3.05) is 7.11 Å². The molecule has 23 heavy (non-hydrogen) atoms. The molecular formula is C18H19BrFNO2. The lowest BCUT2D eigenvalue weighted by atomic mass is 10.1. The lowest BCUT2D eigenvalue weighted by molar-refractivity contribution is -0.121. The van der Waals surface area contributed by atoms with Crippen molar-refractivity contribution < 1.29 is 13.9 Å². The van der Waals surface area contributed by atoms with Crippen LogP contribution in [-0.4, -0.2) is 13.0 Å². The molecule has 0 bridgehead atoms. The topological polar surface area (TPSA) is 38.3 Å². The van der Waals surface area contributed by atoms with Gasteiger partial charge in [-0.1, -0.05) is 18.2 Å². The number of rotatable bonds is 6. The SMILES string of the molecule is COc1ccc(CCC(=O)N[C@@H](C)c2cccc(F)c2)cc1Br. The van der Waals surface area contributed by atoms with Crippen LogP contribution in [0, 0.1) is 5.82 Å². The molecule has 0 radical (unpaired) electrons. The predicted octanol–water partition coefficient (Wildman–Crippen LogP) is 4.41. The Bertz CT molecular complexity index is 690. The van der Waals surface area contributed by atoms with E-state index in [1.54, 1.807) is 19.2 Å². The average Bonchev–Trinajstić information content (AvgIpc) is 2.53. The molecule has 0 heterocycles. The van der Waals surface area contributed by atoms with E-state index in [1.165, 1.54) is 12.1 Å². The van der Waals surface area contributed by atoms with E-state index in [9.17, 15) is 9.18 Å². The molecule has 0 aliphatic heterocycles. The summed E-state index contributed by atoms with van der Waals surface area (Å²) < 4.78 is 19.3. The van der Waals surface area contributed by atoms with Crippen molar-refractivity contribution in [3.63, 3.8) is 0 Å². The van der Waals surface area contributed by atoms with E-state index >= 15 is 0 Å². The summed E-state index contributed by atoms with van der Waals surface area (Å²) in [5.41, 5.74) is 1.80. The van der Waals surface area contributed by atoms with Crippen molar-refractivity contribution in [3.05, 3.63) is 63.9 Å². The van der Waals surface area contributed by atoms with Crippen LogP contribution in [0.5, 0.6) is 5.75 Å². The maximum atomic E-state index is 13.2. The minimum Gasteiger partial charge on any atom is -0.496 e. The summed E-state index contributed by atoms with van der Waals surface area (Å²) in [7, 11) is 1.61. The van der Waals surface area contributed by atoms with Crippen molar-refractivity contribution in [1.82, 2.24) is 5.32 Å². The zero-order valence-corrected chi connectivity index (χ0v) is 14.7. The number of carbonyl (C=O) groups excluding carboxylic acids is 1. The zero-order valence-electron chi connectivity index (χ0n) is 13.1. The van der Waals surface area contributed by atoms with E-state index in [1.807, 2.05) is 25.1 Å². The molecule has 0 aromatic heterocycles. The smallest absolute Gasteiger partial charge is 0.220 e. The fourth-order valence-electron chi connectivity index (χ4n) is 2.30. The summed E-state index contributed by atoms with van der Waals surface area (Å²) in [5, 5.41) is 2.89. The van der Waals surface area contributed by atoms with Crippen LogP contribution in [0.25, 0.3) is 0 Å². The van der Waals surface area contributed by atoms with E-state index < -0.39 is 0 Å². The van der Waals surface area contributed by atoms with Gasteiger partial charge >= 0.3 is 0 Å². The molecule has 0 saturated carbocycles. The first kappa shape index (κ1) is 17.5. The number of nitrogens with one attached hydrogen (secondary N) is 1. The van der Waals surface area contributed by atoms with Crippen LogP contribution in [0.2, 0.25) is 0 Å². The Kier molecular flexibility index (Phi) is 6.16. The molecule has 2 rings (SSSR count). The Balaban J connectivity index is 1.88. The highest BCUT2D eigenvalue weighted by Gasteiger charge is 2.11. The number of benzene rings is 2. The lowest BCUT2D eigenvalue weighted by Crippen LogP contribution is -2.26. The van der Waals surface area contributed by atoms with Crippen molar-refractivity contribution >= 4 is 21.8 Å². The lowest BCUT2D eigenvalue weighted by Gasteiger charge is -2.14. The molecule has 0 spiro atoms. The van der Waals surface area contributed by atoms with E-state index in [0.29, 0.717) is 12.8 Å². The second kappa shape index (κ2) is 8.11. The number of hydrogen-bond donors (Lipinski definition) is 1. The van der Waals surface area contributed by atoms with Gasteiger partial charge in [0.15, 0.2) is 0 Å². The van der Waals surface area contributed by atoms with E-state index in [4.69, 9.17) is 4.74 Å². The number of methoxy groups -OCH3 is 1. The summed E-state index contributed by atoms with van der Waals surface area (Å²) in [6, 6.07) is 11.8. The molecule has 2 aromatic rings. The summed E-state index contributed by atoms with van der Waals surface area (Å²) in [6.45, 7) is 1.84. The molecule has 2 aromatic carbocycles. The van der Waals surface area contributed by atoms with Gasteiger partial charge in [-0.2, -0.15) is 0 Å². The number of carbonyl (C=O) groups is 1. The predicted molar refractivity (Wildman–Crippen MR) is 92.0 cm³/mol. The Morgan fingerprint density at radius 1 is 1.30 bits per heavy atom. The number of halogens is 2. The van der Waals surface area contributed by atoms with Crippen LogP contribution in [-0.2, 0) is 11.2 Å². The Labute approximate surface area is 144 Å². The summed E-state index contributed by atoms with van der Waals surface area (Å²) in [5.74, 6) is 0.401. The van der Waals surface area contributed by atoms with Gasteiger partial charge in [0.05, 0.1) is 17.6 Å². The highest BCUT2D eigenvalue weighted by molar-refractivity contribution is 9.10. The number of aryl methyl sites for hydroxylation is 1. The van der Waals surface area contributed by atoms with Crippen LogP contribution in [0.3, 0.4) is 0 Å². The van der Waals surface area contributed by atoms with Crippen molar-refractivity contribution in [2.24, 2.45) is 0 Å². The van der Waals surface area contributed by atoms with Crippen LogP contribution < -0.4 is 10.1 Å². The molecule has 1 amide bonds. The molecule has 0 aliphatic rings. The van der Waals surface area contributed by atoms with E-state index in [-0.39, 0.29) is 17.8 Å². The normalized spacial score (nSPS) is 11.8. The van der Waals surface area contributed by atoms with Gasteiger partial charge in [0.2, 0.25) is 5.91 Å². The number of ether oxygens (including phenoxy) is 1. The first-order valence-electron chi connectivity index (χ1n) is 7.37. The summed E-state index contributed by atoms with van der Waals surface area (Å²) in [6.07, 6.45) is 1.00. The average molecular weight is 380 g/mol. The third kappa shape index (κ3) is 5.06. The second-order valence-electron chi connectivity index (χ2n) is 5.31. The quantitative estimate of drug-likeness (QED) is 0.807. The third-order valence-electron chi connectivity index (χ3n) is 3.58. The van der Waals surface area contributed by atoms with E-state index in [0.717, 1.165) is 21.3 Å². The minimum atomic E-state index is -0.299. The summed E-state index contributed by atoms with van der Waals surface area (Å²) >= 11 is 3.43. The molecule has 5 heteroatoms. The third-order valence-corrected chi connectivity index (χ3v) is 4.20. The maximum absolute atomic E-state index is 13.2. The van der Waals surface area contributed by atoms with Crippen molar-refractivity contribution in [1.29, 1.82) is 0 Å². The van der Waals surface area contributed by atoms with E-state index in [2.05, 4.69) is 21.2 Å². The van der Waals surface area contributed by atoms with Gasteiger partial charge in [-0.25, -0.2) is 4.39 Å². The fraction of sp³-hybridized carbons (Fsp3) is 0.278. The zero-order chi connectivity index (χ0) is 16.8. The molecule has 3 nitrogen and oxygen atoms in total. The number of hydrogen-bond acceptors (Lipinski definition) is 2. The van der Waals surface area contributed by atoms with Crippen LogP contribution in [0.15, 0.2) is 46.9 Å². The highest BCUT2D eigenvalue weighted by atomic mass is 79.9. The van der Waals surface area contributed by atoms with Gasteiger partial charge in [-0.05, 0) is 64.7 Å². The fourth-order valence-corrected chi connectivity index (χ4v) is 2.88. The first-order valence-corrected chi connectivity index (χ1v) is 8.16. The van der Waals surface area contributed by atoms with Gasteiger partial charge in [0, 0.05) is 6.42 Å². The highest BCUT2D eigenvalue weighted by Crippen LogP contribution is 2.26. The second-order valence-corrected chi connectivity index (χ2v) is 6.17. The first-order chi connectivity index (χ1) is 11.0.